The van der Waals surface area contributed by atoms with Gasteiger partial charge in [0.2, 0.25) is 0 Å². The van der Waals surface area contributed by atoms with Crippen molar-refractivity contribution in [2.75, 3.05) is 5.32 Å². The van der Waals surface area contributed by atoms with Crippen LogP contribution in [0.1, 0.15) is 10.4 Å². The minimum absolute atomic E-state index is 0.158. The van der Waals surface area contributed by atoms with Crippen LogP contribution in [0.2, 0.25) is 0 Å². The number of thiazole rings is 1. The Balaban J connectivity index is 1.58. The van der Waals surface area contributed by atoms with Crippen LogP contribution >= 0.6 is 11.3 Å². The lowest BCUT2D eigenvalue weighted by atomic mass is 10.1. The maximum Gasteiger partial charge on any atom is 0.294 e. The molecule has 0 radical (unpaired) electrons. The van der Waals surface area contributed by atoms with E-state index in [4.69, 9.17) is 0 Å². The molecule has 4 aromatic rings. The van der Waals surface area contributed by atoms with Crippen LogP contribution in [0.4, 0.5) is 10.8 Å². The van der Waals surface area contributed by atoms with E-state index in [1.807, 2.05) is 12.1 Å². The molecule has 4 rings (SSSR count). The molecule has 0 aliphatic carbocycles. The summed E-state index contributed by atoms with van der Waals surface area (Å²) in [7, 11) is 0. The number of benzene rings is 1. The number of hydrogen-bond donors (Lipinski definition) is 1. The molecule has 0 aliphatic heterocycles. The van der Waals surface area contributed by atoms with E-state index in [1.54, 1.807) is 23.8 Å². The van der Waals surface area contributed by atoms with Crippen molar-refractivity contribution in [3.63, 3.8) is 0 Å². The van der Waals surface area contributed by atoms with Crippen molar-refractivity contribution in [1.29, 1.82) is 0 Å². The van der Waals surface area contributed by atoms with Gasteiger partial charge in [-0.25, -0.2) is 9.97 Å². The summed E-state index contributed by atoms with van der Waals surface area (Å²) in [5.74, 6) is -0.484. The van der Waals surface area contributed by atoms with Crippen LogP contribution < -0.4 is 5.32 Å². The Hall–Kier alpha value is -3.92. The fraction of sp³-hybridized carbons (Fsp3) is 0. The fourth-order valence-electron chi connectivity index (χ4n) is 2.56. The van der Waals surface area contributed by atoms with Crippen molar-refractivity contribution in [3.05, 3.63) is 82.4 Å². The number of nitrogens with zero attached hydrogens (tertiary/aromatic N) is 5. The van der Waals surface area contributed by atoms with Crippen LogP contribution in [0.25, 0.3) is 17.1 Å². The highest BCUT2D eigenvalue weighted by atomic mass is 32.1. The highest BCUT2D eigenvalue weighted by Crippen LogP contribution is 2.26. The Morgan fingerprint density at radius 2 is 2.07 bits per heavy atom. The standard InChI is InChI=1S/C18H12N6O3S/c25-17(22-18-21-14(10-28-18)13-3-1-2-6-20-13)12-4-5-15(16(9-12)24(26)27)23-8-7-19-11-23/h1-11H,(H,21,22,25). The van der Waals surface area contributed by atoms with Crippen LogP contribution in [0, 0.1) is 10.1 Å². The predicted octanol–water partition coefficient (Wildman–Crippen LogP) is 3.55. The lowest BCUT2D eigenvalue weighted by Crippen LogP contribution is -2.12. The first-order chi connectivity index (χ1) is 13.6. The Bertz CT molecular complexity index is 1140. The first-order valence-corrected chi connectivity index (χ1v) is 8.95. The number of rotatable bonds is 5. The van der Waals surface area contributed by atoms with E-state index >= 15 is 0 Å². The Morgan fingerprint density at radius 1 is 1.18 bits per heavy atom. The molecule has 1 N–H and O–H groups in total. The van der Waals surface area contributed by atoms with Gasteiger partial charge in [-0.15, -0.1) is 11.3 Å². The van der Waals surface area contributed by atoms with Gasteiger partial charge < -0.3 is 4.57 Å². The molecular formula is C18H12N6O3S. The second-order valence-corrected chi connectivity index (χ2v) is 6.50. The first kappa shape index (κ1) is 17.5. The zero-order chi connectivity index (χ0) is 19.5. The molecule has 1 amide bonds. The van der Waals surface area contributed by atoms with E-state index in [-0.39, 0.29) is 11.3 Å². The maximum atomic E-state index is 12.5. The van der Waals surface area contributed by atoms with Crippen LogP contribution in [0.15, 0.2) is 66.7 Å². The van der Waals surface area contributed by atoms with Crippen LogP contribution in [-0.4, -0.2) is 30.3 Å². The van der Waals surface area contributed by atoms with Gasteiger partial charge in [-0.2, -0.15) is 0 Å². The van der Waals surface area contributed by atoms with Gasteiger partial charge >= 0.3 is 0 Å². The third kappa shape index (κ3) is 3.48. The minimum atomic E-state index is -0.533. The summed E-state index contributed by atoms with van der Waals surface area (Å²) in [6, 6.07) is 9.73. The van der Waals surface area contributed by atoms with Crippen molar-refractivity contribution in [3.8, 4) is 17.1 Å². The molecular weight excluding hydrogens is 380 g/mol. The van der Waals surface area contributed by atoms with Gasteiger partial charge in [0, 0.05) is 35.6 Å². The topological polar surface area (TPSA) is 116 Å². The number of amides is 1. The number of aromatic nitrogens is 4. The third-order valence-corrected chi connectivity index (χ3v) is 4.63. The molecule has 0 aliphatic rings. The Kier molecular flexibility index (Phi) is 4.60. The monoisotopic (exact) mass is 392 g/mol. The normalized spacial score (nSPS) is 10.6. The molecule has 0 saturated carbocycles. The second kappa shape index (κ2) is 7.37. The van der Waals surface area contributed by atoms with Crippen molar-refractivity contribution < 1.29 is 9.72 Å². The van der Waals surface area contributed by atoms with Gasteiger partial charge in [0.1, 0.15) is 11.4 Å². The molecule has 0 saturated heterocycles. The molecule has 138 valence electrons. The average Bonchev–Trinajstić information content (AvgIpc) is 3.40. The summed E-state index contributed by atoms with van der Waals surface area (Å²) in [6.45, 7) is 0. The van der Waals surface area contributed by atoms with Crippen molar-refractivity contribution in [1.82, 2.24) is 19.5 Å². The van der Waals surface area contributed by atoms with Crippen molar-refractivity contribution in [2.45, 2.75) is 0 Å². The minimum Gasteiger partial charge on any atom is -0.300 e. The molecule has 0 atom stereocenters. The highest BCUT2D eigenvalue weighted by Gasteiger charge is 2.19. The van der Waals surface area contributed by atoms with E-state index in [2.05, 4.69) is 20.3 Å². The summed E-state index contributed by atoms with van der Waals surface area (Å²) >= 11 is 1.25. The quantitative estimate of drug-likeness (QED) is 0.410. The van der Waals surface area contributed by atoms with Crippen molar-refractivity contribution >= 4 is 28.1 Å². The van der Waals surface area contributed by atoms with E-state index in [9.17, 15) is 14.9 Å². The number of imidazole rings is 1. The number of nitro benzene ring substituents is 1. The van der Waals surface area contributed by atoms with Gasteiger partial charge in [0.15, 0.2) is 5.13 Å². The van der Waals surface area contributed by atoms with Gasteiger partial charge in [-0.1, -0.05) is 6.07 Å². The molecule has 9 nitrogen and oxygen atoms in total. The molecule has 0 bridgehead atoms. The smallest absolute Gasteiger partial charge is 0.294 e. The van der Waals surface area contributed by atoms with Crippen molar-refractivity contribution in [2.24, 2.45) is 0 Å². The van der Waals surface area contributed by atoms with Crippen LogP contribution in [0.5, 0.6) is 0 Å². The summed E-state index contributed by atoms with van der Waals surface area (Å²) in [5, 5.41) is 16.3. The number of carbonyl (C=O) groups excluding carboxylic acids is 1. The van der Waals surface area contributed by atoms with Crippen LogP contribution in [0.3, 0.4) is 0 Å². The van der Waals surface area contributed by atoms with Gasteiger partial charge in [0.05, 0.1) is 16.9 Å². The average molecular weight is 392 g/mol. The number of nitrogens with one attached hydrogen (secondary N) is 1. The number of hydrogen-bond acceptors (Lipinski definition) is 7. The van der Waals surface area contributed by atoms with Gasteiger partial charge in [-0.3, -0.25) is 25.2 Å². The Morgan fingerprint density at radius 3 is 2.79 bits per heavy atom. The molecule has 28 heavy (non-hydrogen) atoms. The molecule has 0 fully saturated rings. The van der Waals surface area contributed by atoms with E-state index in [0.717, 1.165) is 0 Å². The van der Waals surface area contributed by atoms with Gasteiger partial charge in [0.25, 0.3) is 11.6 Å². The summed E-state index contributed by atoms with van der Waals surface area (Å²) in [6.07, 6.45) is 6.23. The molecule has 1 aromatic carbocycles. The Labute approximate surface area is 162 Å². The first-order valence-electron chi connectivity index (χ1n) is 8.07. The highest BCUT2D eigenvalue weighted by molar-refractivity contribution is 7.14. The second-order valence-electron chi connectivity index (χ2n) is 5.64. The SMILES string of the molecule is O=C(Nc1nc(-c2ccccn2)cs1)c1ccc(-n2ccnc2)c([N+](=O)[O-])c1. The van der Waals surface area contributed by atoms with E-state index in [0.29, 0.717) is 22.2 Å². The molecule has 3 heterocycles. The number of pyridine rings is 1. The number of anilines is 1. The summed E-state index contributed by atoms with van der Waals surface area (Å²) in [4.78, 5) is 35.9. The van der Waals surface area contributed by atoms with Gasteiger partial charge in [-0.05, 0) is 24.3 Å². The molecule has 0 spiro atoms. The third-order valence-electron chi connectivity index (χ3n) is 3.87. The van der Waals surface area contributed by atoms with E-state index in [1.165, 1.54) is 46.6 Å². The molecule has 0 unspecified atom stereocenters. The lowest BCUT2D eigenvalue weighted by molar-refractivity contribution is -0.384. The summed E-state index contributed by atoms with van der Waals surface area (Å²) < 4.78 is 1.51. The predicted molar refractivity (Wildman–Crippen MR) is 104 cm³/mol. The number of carbonyl (C=O) groups is 1. The summed E-state index contributed by atoms with van der Waals surface area (Å²) in [5.41, 5.74) is 1.62. The maximum absolute atomic E-state index is 12.5. The molecule has 10 heteroatoms. The number of nitro groups is 1. The molecule has 3 aromatic heterocycles. The van der Waals surface area contributed by atoms with E-state index < -0.39 is 10.8 Å². The zero-order valence-corrected chi connectivity index (χ0v) is 15.0. The lowest BCUT2D eigenvalue weighted by Gasteiger charge is -2.06. The largest absolute Gasteiger partial charge is 0.300 e. The van der Waals surface area contributed by atoms with Crippen LogP contribution in [-0.2, 0) is 0 Å². The fourth-order valence-corrected chi connectivity index (χ4v) is 3.26. The zero-order valence-electron chi connectivity index (χ0n) is 14.2.